The number of hydrogen-bond acceptors (Lipinski definition) is 4. The van der Waals surface area contributed by atoms with Crippen LogP contribution in [0.15, 0.2) is 41.2 Å². The van der Waals surface area contributed by atoms with E-state index in [1.807, 2.05) is 6.07 Å². The maximum atomic E-state index is 12.3. The maximum absolute atomic E-state index is 12.3. The van der Waals surface area contributed by atoms with E-state index in [1.54, 1.807) is 6.07 Å². The Labute approximate surface area is 166 Å². The molecule has 148 valence electrons. The lowest BCUT2D eigenvalue weighted by atomic mass is 9.85. The molecule has 2 aromatic rings. The first kappa shape index (κ1) is 18.1. The summed E-state index contributed by atoms with van der Waals surface area (Å²) in [5.74, 6) is 0.508. The molecule has 1 N–H and O–H groups in total. The summed E-state index contributed by atoms with van der Waals surface area (Å²) in [6.07, 6.45) is 6.02. The largest absolute Gasteiger partial charge is 0.388 e. The van der Waals surface area contributed by atoms with Crippen molar-refractivity contribution in [2.24, 2.45) is 0 Å². The highest BCUT2D eigenvalue weighted by Crippen LogP contribution is 2.42. The van der Waals surface area contributed by atoms with Crippen LogP contribution in [0.3, 0.4) is 0 Å². The van der Waals surface area contributed by atoms with Crippen LogP contribution >= 0.6 is 0 Å². The third kappa shape index (κ3) is 3.42. The molecule has 3 aliphatic rings. The Kier molecular flexibility index (Phi) is 4.40. The van der Waals surface area contributed by atoms with Crippen LogP contribution in [0.1, 0.15) is 61.3 Å². The summed E-state index contributed by atoms with van der Waals surface area (Å²) in [6.45, 7) is 3.44. The quantitative estimate of drug-likeness (QED) is 0.868. The van der Waals surface area contributed by atoms with E-state index in [-0.39, 0.29) is 5.56 Å². The smallest absolute Gasteiger partial charge is 0.266 e. The number of piperidine rings is 1. The van der Waals surface area contributed by atoms with E-state index in [0.29, 0.717) is 24.5 Å². The normalized spacial score (nSPS) is 29.9. The summed E-state index contributed by atoms with van der Waals surface area (Å²) in [5.41, 5.74) is 2.76. The molecule has 5 rings (SSSR count). The first-order valence-corrected chi connectivity index (χ1v) is 10.6. The third-order valence-electron chi connectivity index (χ3n) is 6.94. The minimum atomic E-state index is -0.840. The highest BCUT2D eigenvalue weighted by atomic mass is 16.3. The molecule has 1 saturated carbocycles. The van der Waals surface area contributed by atoms with Crippen LogP contribution in [0.5, 0.6) is 0 Å². The summed E-state index contributed by atoms with van der Waals surface area (Å²) < 4.78 is 1.52. The molecule has 0 spiro atoms. The summed E-state index contributed by atoms with van der Waals surface area (Å²) in [6, 6.07) is 12.8. The molecule has 1 aliphatic carbocycles. The summed E-state index contributed by atoms with van der Waals surface area (Å²) in [5, 5.41) is 16.0. The van der Waals surface area contributed by atoms with Crippen LogP contribution in [0.25, 0.3) is 0 Å². The lowest BCUT2D eigenvalue weighted by molar-refractivity contribution is -0.0678. The molecule has 28 heavy (non-hydrogen) atoms. The molecule has 2 bridgehead atoms. The molecule has 0 radical (unpaired) electrons. The van der Waals surface area contributed by atoms with Gasteiger partial charge in [0.05, 0.1) is 17.8 Å². The van der Waals surface area contributed by atoms with Crippen molar-refractivity contribution in [2.45, 2.75) is 82.1 Å². The van der Waals surface area contributed by atoms with Crippen molar-refractivity contribution in [3.8, 4) is 0 Å². The zero-order chi connectivity index (χ0) is 19.3. The standard InChI is InChI=1S/C23H29N3O2/c1-16-4-2-3-5-18(16)14-25-19-8-9-20(25)13-23(28,12-19)15-26-22(27)11-10-21(24-26)17-6-7-17/h2-5,10-11,17,19-20,28H,6-9,12-15H2,1H3/t19-,20+,23?. The Morgan fingerprint density at radius 3 is 2.46 bits per heavy atom. The number of benzene rings is 1. The minimum absolute atomic E-state index is 0.104. The number of hydrogen-bond donors (Lipinski definition) is 1. The molecule has 1 aromatic heterocycles. The van der Waals surface area contributed by atoms with Gasteiger partial charge in [0.15, 0.2) is 0 Å². The van der Waals surface area contributed by atoms with Crippen molar-refractivity contribution >= 4 is 0 Å². The monoisotopic (exact) mass is 379 g/mol. The number of aromatic nitrogens is 2. The second-order valence-corrected chi connectivity index (χ2v) is 9.14. The highest BCUT2D eigenvalue weighted by molar-refractivity contribution is 5.26. The van der Waals surface area contributed by atoms with Gasteiger partial charge in [-0.2, -0.15) is 5.10 Å². The fraction of sp³-hybridized carbons (Fsp3) is 0.565. The maximum Gasteiger partial charge on any atom is 0.266 e. The van der Waals surface area contributed by atoms with Gasteiger partial charge in [-0.15, -0.1) is 0 Å². The number of nitrogens with zero attached hydrogens (tertiary/aromatic N) is 3. The summed E-state index contributed by atoms with van der Waals surface area (Å²) in [7, 11) is 0. The first-order chi connectivity index (χ1) is 13.5. The van der Waals surface area contributed by atoms with Gasteiger partial charge in [0.2, 0.25) is 0 Å². The Morgan fingerprint density at radius 2 is 1.79 bits per heavy atom. The summed E-state index contributed by atoms with van der Waals surface area (Å²) in [4.78, 5) is 14.9. The van der Waals surface area contributed by atoms with Gasteiger partial charge in [-0.05, 0) is 62.6 Å². The van der Waals surface area contributed by atoms with Crippen molar-refractivity contribution < 1.29 is 5.11 Å². The lowest BCUT2D eigenvalue weighted by Crippen LogP contribution is -2.53. The zero-order valence-corrected chi connectivity index (χ0v) is 16.6. The van der Waals surface area contributed by atoms with E-state index in [1.165, 1.54) is 15.8 Å². The minimum Gasteiger partial charge on any atom is -0.388 e. The lowest BCUT2D eigenvalue weighted by Gasteiger charge is -2.44. The molecule has 5 nitrogen and oxygen atoms in total. The van der Waals surface area contributed by atoms with Crippen LogP contribution in [0.2, 0.25) is 0 Å². The van der Waals surface area contributed by atoms with Crippen LogP contribution in [0.4, 0.5) is 0 Å². The molecule has 2 aliphatic heterocycles. The predicted octanol–water partition coefficient (Wildman–Crippen LogP) is 2.99. The van der Waals surface area contributed by atoms with Gasteiger partial charge < -0.3 is 5.11 Å². The van der Waals surface area contributed by atoms with Crippen LogP contribution < -0.4 is 5.56 Å². The van der Waals surface area contributed by atoms with Crippen molar-refractivity contribution in [2.75, 3.05) is 0 Å². The van der Waals surface area contributed by atoms with Crippen molar-refractivity contribution in [1.82, 2.24) is 14.7 Å². The van der Waals surface area contributed by atoms with Crippen molar-refractivity contribution in [3.63, 3.8) is 0 Å². The zero-order valence-electron chi connectivity index (χ0n) is 16.6. The molecule has 1 unspecified atom stereocenters. The summed E-state index contributed by atoms with van der Waals surface area (Å²) >= 11 is 0. The fourth-order valence-corrected chi connectivity index (χ4v) is 5.24. The van der Waals surface area contributed by atoms with E-state index >= 15 is 0 Å². The van der Waals surface area contributed by atoms with Gasteiger partial charge in [0.25, 0.3) is 5.56 Å². The third-order valence-corrected chi connectivity index (χ3v) is 6.94. The van der Waals surface area contributed by atoms with E-state index in [0.717, 1.165) is 50.8 Å². The Hall–Kier alpha value is -1.98. The van der Waals surface area contributed by atoms with E-state index < -0.39 is 5.60 Å². The van der Waals surface area contributed by atoms with Gasteiger partial charge in [-0.25, -0.2) is 4.68 Å². The van der Waals surface area contributed by atoms with Crippen molar-refractivity contribution in [1.29, 1.82) is 0 Å². The SMILES string of the molecule is Cc1ccccc1CN1[C@@H]2CC[C@H]1CC(O)(Cn1nc(C3CC3)ccc1=O)C2. The number of rotatable bonds is 5. The topological polar surface area (TPSA) is 58.4 Å². The average molecular weight is 380 g/mol. The second-order valence-electron chi connectivity index (χ2n) is 9.14. The molecule has 2 saturated heterocycles. The highest BCUT2D eigenvalue weighted by Gasteiger charge is 2.47. The number of aryl methyl sites for hydroxylation is 1. The molecule has 1 aromatic carbocycles. The second kappa shape index (κ2) is 6.82. The fourth-order valence-electron chi connectivity index (χ4n) is 5.24. The van der Waals surface area contributed by atoms with Gasteiger partial charge in [0, 0.05) is 30.6 Å². The van der Waals surface area contributed by atoms with Crippen LogP contribution in [0, 0.1) is 6.92 Å². The Bertz CT molecular complexity index is 919. The van der Waals surface area contributed by atoms with Crippen LogP contribution in [-0.4, -0.2) is 37.5 Å². The Balaban J connectivity index is 1.33. The number of fused-ring (bicyclic) bond motifs is 2. The first-order valence-electron chi connectivity index (χ1n) is 10.6. The van der Waals surface area contributed by atoms with Gasteiger partial charge in [-0.1, -0.05) is 24.3 Å². The van der Waals surface area contributed by atoms with E-state index in [2.05, 4.69) is 41.2 Å². The molecule has 3 atom stereocenters. The molecular weight excluding hydrogens is 350 g/mol. The van der Waals surface area contributed by atoms with E-state index in [9.17, 15) is 9.90 Å². The Morgan fingerprint density at radius 1 is 1.07 bits per heavy atom. The average Bonchev–Trinajstić information content (AvgIpc) is 3.47. The van der Waals surface area contributed by atoms with Gasteiger partial charge in [-0.3, -0.25) is 9.69 Å². The molecule has 0 amide bonds. The van der Waals surface area contributed by atoms with Gasteiger partial charge >= 0.3 is 0 Å². The molecule has 3 fully saturated rings. The predicted molar refractivity (Wildman–Crippen MR) is 108 cm³/mol. The number of aliphatic hydroxyl groups is 1. The van der Waals surface area contributed by atoms with E-state index in [4.69, 9.17) is 0 Å². The van der Waals surface area contributed by atoms with Crippen molar-refractivity contribution in [3.05, 3.63) is 63.6 Å². The van der Waals surface area contributed by atoms with Gasteiger partial charge in [0.1, 0.15) is 0 Å². The molecule has 5 heteroatoms. The van der Waals surface area contributed by atoms with Crippen LogP contribution in [-0.2, 0) is 13.1 Å². The molecular formula is C23H29N3O2. The molecule has 3 heterocycles.